The summed E-state index contributed by atoms with van der Waals surface area (Å²) in [6.07, 6.45) is 7.13. The van der Waals surface area contributed by atoms with Gasteiger partial charge >= 0.3 is 0 Å². The smallest absolute Gasteiger partial charge is 0.222 e. The van der Waals surface area contributed by atoms with Gasteiger partial charge in [-0.25, -0.2) is 0 Å². The standard InChI is InChI=1S/C25H32N4O2/c30-23-8-3-13-28(23)14-4-15-29-22-11-16-27(17-20(22)9-10-24(29)31)18-21-6-1-5-19-7-2-12-26-25(19)21/h1-2,5-7,12,20,22H,3-4,8-11,13-18H2/t20-,22+/m1/s1. The van der Waals surface area contributed by atoms with Crippen molar-refractivity contribution in [3.8, 4) is 0 Å². The van der Waals surface area contributed by atoms with Crippen molar-refractivity contribution in [1.82, 2.24) is 19.7 Å². The second kappa shape index (κ2) is 8.95. The summed E-state index contributed by atoms with van der Waals surface area (Å²) in [5.41, 5.74) is 2.39. The summed E-state index contributed by atoms with van der Waals surface area (Å²) in [5, 5.41) is 1.20. The number of benzene rings is 1. The maximum Gasteiger partial charge on any atom is 0.222 e. The van der Waals surface area contributed by atoms with Gasteiger partial charge in [0.15, 0.2) is 0 Å². The Morgan fingerprint density at radius 2 is 1.87 bits per heavy atom. The summed E-state index contributed by atoms with van der Waals surface area (Å²) in [5.74, 6) is 1.13. The van der Waals surface area contributed by atoms with Crippen molar-refractivity contribution in [3.05, 3.63) is 42.1 Å². The van der Waals surface area contributed by atoms with Crippen LogP contribution in [0.3, 0.4) is 0 Å². The van der Waals surface area contributed by atoms with E-state index in [1.165, 1.54) is 10.9 Å². The Morgan fingerprint density at radius 1 is 0.968 bits per heavy atom. The van der Waals surface area contributed by atoms with Crippen molar-refractivity contribution in [2.75, 3.05) is 32.7 Å². The molecule has 1 aromatic carbocycles. The average Bonchev–Trinajstić information content (AvgIpc) is 3.20. The number of carbonyl (C=O) groups is 2. The Balaban J connectivity index is 1.20. The summed E-state index contributed by atoms with van der Waals surface area (Å²) in [6, 6.07) is 10.9. The van der Waals surface area contributed by atoms with E-state index in [2.05, 4.69) is 39.0 Å². The summed E-state index contributed by atoms with van der Waals surface area (Å²) < 4.78 is 0. The Hall–Kier alpha value is -2.47. The van der Waals surface area contributed by atoms with E-state index >= 15 is 0 Å². The number of fused-ring (bicyclic) bond motifs is 2. The lowest BCUT2D eigenvalue weighted by atomic mass is 9.83. The van der Waals surface area contributed by atoms with Crippen molar-refractivity contribution in [3.63, 3.8) is 0 Å². The number of carbonyl (C=O) groups excluding carboxylic acids is 2. The van der Waals surface area contributed by atoms with Gasteiger partial charge in [-0.3, -0.25) is 19.5 Å². The van der Waals surface area contributed by atoms with Crippen LogP contribution in [0.1, 0.15) is 44.1 Å². The number of nitrogens with zero attached hydrogens (tertiary/aromatic N) is 4. The molecule has 0 saturated carbocycles. The maximum absolute atomic E-state index is 12.7. The molecular formula is C25H32N4O2. The maximum atomic E-state index is 12.7. The predicted molar refractivity (Wildman–Crippen MR) is 120 cm³/mol. The fourth-order valence-corrected chi connectivity index (χ4v) is 5.77. The first kappa shape index (κ1) is 20.4. The van der Waals surface area contributed by atoms with Crippen LogP contribution < -0.4 is 0 Å². The fraction of sp³-hybridized carbons (Fsp3) is 0.560. The molecule has 1 aromatic heterocycles. The number of pyridine rings is 1. The molecule has 2 aromatic rings. The molecule has 5 rings (SSSR count). The van der Waals surface area contributed by atoms with Gasteiger partial charge in [0.05, 0.1) is 5.52 Å². The molecule has 0 spiro atoms. The second-order valence-corrected chi connectivity index (χ2v) is 9.31. The van der Waals surface area contributed by atoms with Crippen LogP contribution in [0.15, 0.2) is 36.5 Å². The molecular weight excluding hydrogens is 388 g/mol. The van der Waals surface area contributed by atoms with E-state index in [-0.39, 0.29) is 5.91 Å². The van der Waals surface area contributed by atoms with Crippen molar-refractivity contribution < 1.29 is 9.59 Å². The number of amides is 2. The Labute approximate surface area is 184 Å². The molecule has 3 saturated heterocycles. The van der Waals surface area contributed by atoms with E-state index in [0.717, 1.165) is 70.5 Å². The third kappa shape index (κ3) is 4.31. The molecule has 3 aliphatic rings. The largest absolute Gasteiger partial charge is 0.343 e. The lowest BCUT2D eigenvalue weighted by Gasteiger charge is -2.47. The molecule has 4 heterocycles. The van der Waals surface area contributed by atoms with Crippen LogP contribution >= 0.6 is 0 Å². The van der Waals surface area contributed by atoms with E-state index in [1.54, 1.807) is 0 Å². The number of para-hydroxylation sites is 1. The van der Waals surface area contributed by atoms with E-state index < -0.39 is 0 Å². The van der Waals surface area contributed by atoms with Gasteiger partial charge in [-0.15, -0.1) is 0 Å². The first-order chi connectivity index (χ1) is 15.2. The van der Waals surface area contributed by atoms with Gasteiger partial charge < -0.3 is 9.80 Å². The summed E-state index contributed by atoms with van der Waals surface area (Å²) >= 11 is 0. The van der Waals surface area contributed by atoms with Crippen LogP contribution in [-0.2, 0) is 16.1 Å². The first-order valence-corrected chi connectivity index (χ1v) is 11.8. The molecule has 0 bridgehead atoms. The van der Waals surface area contributed by atoms with Crippen LogP contribution in [0.4, 0.5) is 0 Å². The molecule has 0 N–H and O–H groups in total. The third-order valence-electron chi connectivity index (χ3n) is 7.34. The molecule has 0 unspecified atom stereocenters. The van der Waals surface area contributed by atoms with E-state index in [0.29, 0.717) is 30.7 Å². The number of rotatable bonds is 6. The molecule has 0 aliphatic carbocycles. The molecule has 6 heteroatoms. The lowest BCUT2D eigenvalue weighted by Crippen LogP contribution is -2.56. The highest BCUT2D eigenvalue weighted by Gasteiger charge is 2.39. The van der Waals surface area contributed by atoms with Crippen molar-refractivity contribution >= 4 is 22.7 Å². The summed E-state index contributed by atoms with van der Waals surface area (Å²) in [4.78, 5) is 35.8. The lowest BCUT2D eigenvalue weighted by molar-refractivity contribution is -0.141. The third-order valence-corrected chi connectivity index (χ3v) is 7.34. The highest BCUT2D eigenvalue weighted by atomic mass is 16.2. The quantitative estimate of drug-likeness (QED) is 0.721. The van der Waals surface area contributed by atoms with Gasteiger partial charge in [-0.05, 0) is 43.2 Å². The zero-order valence-corrected chi connectivity index (χ0v) is 18.2. The average molecular weight is 421 g/mol. The summed E-state index contributed by atoms with van der Waals surface area (Å²) in [6.45, 7) is 5.44. The molecule has 3 aliphatic heterocycles. The molecule has 3 fully saturated rings. The highest BCUT2D eigenvalue weighted by molar-refractivity contribution is 5.81. The predicted octanol–water partition coefficient (Wildman–Crippen LogP) is 3.06. The van der Waals surface area contributed by atoms with Crippen LogP contribution in [0, 0.1) is 5.92 Å². The van der Waals surface area contributed by atoms with Crippen molar-refractivity contribution in [1.29, 1.82) is 0 Å². The van der Waals surface area contributed by atoms with Gasteiger partial charge in [0.25, 0.3) is 0 Å². The topological polar surface area (TPSA) is 56.8 Å². The van der Waals surface area contributed by atoms with E-state index in [4.69, 9.17) is 0 Å². The molecule has 6 nitrogen and oxygen atoms in total. The number of hydrogen-bond acceptors (Lipinski definition) is 4. The Kier molecular flexibility index (Phi) is 5.90. The highest BCUT2D eigenvalue weighted by Crippen LogP contribution is 2.32. The normalized spacial score (nSPS) is 24.8. The van der Waals surface area contributed by atoms with Crippen LogP contribution in [0.25, 0.3) is 10.9 Å². The van der Waals surface area contributed by atoms with Gasteiger partial charge in [0, 0.05) is 69.7 Å². The monoisotopic (exact) mass is 420 g/mol. The van der Waals surface area contributed by atoms with E-state index in [1.807, 2.05) is 17.2 Å². The fourth-order valence-electron chi connectivity index (χ4n) is 5.77. The SMILES string of the molecule is O=C1CCCN1CCCN1C(=O)CC[C@@H]2CN(Cc3cccc4cccnc34)CC[C@@H]21. The van der Waals surface area contributed by atoms with Crippen molar-refractivity contribution in [2.45, 2.75) is 51.1 Å². The van der Waals surface area contributed by atoms with Gasteiger partial charge in [-0.2, -0.15) is 0 Å². The minimum atomic E-state index is 0.277. The number of likely N-dealkylation sites (tertiary alicyclic amines) is 3. The number of piperidine rings is 2. The zero-order chi connectivity index (χ0) is 21.2. The minimum Gasteiger partial charge on any atom is -0.343 e. The Morgan fingerprint density at radius 3 is 2.74 bits per heavy atom. The minimum absolute atomic E-state index is 0.277. The Bertz CT molecular complexity index is 956. The molecule has 31 heavy (non-hydrogen) atoms. The van der Waals surface area contributed by atoms with Crippen LogP contribution in [-0.4, -0.2) is 70.3 Å². The molecule has 164 valence electrons. The van der Waals surface area contributed by atoms with Crippen LogP contribution in [0.5, 0.6) is 0 Å². The summed E-state index contributed by atoms with van der Waals surface area (Å²) in [7, 11) is 0. The van der Waals surface area contributed by atoms with Gasteiger partial charge in [0.1, 0.15) is 0 Å². The zero-order valence-electron chi connectivity index (χ0n) is 18.2. The molecule has 0 radical (unpaired) electrons. The molecule has 2 amide bonds. The number of hydrogen-bond donors (Lipinski definition) is 0. The first-order valence-electron chi connectivity index (χ1n) is 11.8. The number of aromatic nitrogens is 1. The second-order valence-electron chi connectivity index (χ2n) is 9.31. The van der Waals surface area contributed by atoms with Crippen molar-refractivity contribution in [2.24, 2.45) is 5.92 Å². The van der Waals surface area contributed by atoms with Crippen LogP contribution in [0.2, 0.25) is 0 Å². The molecule has 2 atom stereocenters. The van der Waals surface area contributed by atoms with E-state index in [9.17, 15) is 9.59 Å². The van der Waals surface area contributed by atoms with Gasteiger partial charge in [0.2, 0.25) is 11.8 Å². The van der Waals surface area contributed by atoms with Gasteiger partial charge in [-0.1, -0.05) is 24.3 Å².